The van der Waals surface area contributed by atoms with Crippen LogP contribution in [-0.2, 0) is 0 Å². The zero-order valence-corrected chi connectivity index (χ0v) is 11.8. The van der Waals surface area contributed by atoms with Crippen LogP contribution in [0.1, 0.15) is 0 Å². The molecular weight excluding hydrogens is 268 g/mol. The summed E-state index contributed by atoms with van der Waals surface area (Å²) in [5, 5.41) is 0.465. The maximum Gasteiger partial charge on any atom is 0.235 e. The Morgan fingerprint density at radius 3 is 2.38 bits per heavy atom. The van der Waals surface area contributed by atoms with Crippen molar-refractivity contribution in [2.24, 2.45) is 0 Å². The molecule has 0 saturated carbocycles. The monoisotopic (exact) mass is 282 g/mol. The lowest BCUT2D eigenvalue weighted by atomic mass is 10.1. The summed E-state index contributed by atoms with van der Waals surface area (Å²) in [6.07, 6.45) is 0. The number of hydrogen-bond donors (Lipinski definition) is 0. The van der Waals surface area contributed by atoms with Crippen molar-refractivity contribution in [1.82, 2.24) is 0 Å². The molecule has 0 fully saturated rings. The zero-order valence-electron chi connectivity index (χ0n) is 11.8. The van der Waals surface area contributed by atoms with Crippen molar-refractivity contribution in [3.8, 4) is 22.8 Å². The third kappa shape index (κ3) is 2.25. The van der Waals surface area contributed by atoms with Gasteiger partial charge in [-0.25, -0.2) is 0 Å². The topological polar surface area (TPSA) is 48.7 Å². The highest BCUT2D eigenvalue weighted by Crippen LogP contribution is 2.31. The average Bonchev–Trinajstić information content (AvgIpc) is 2.55. The second-order valence-electron chi connectivity index (χ2n) is 4.52. The van der Waals surface area contributed by atoms with Gasteiger partial charge in [-0.05, 0) is 12.1 Å². The molecule has 0 atom stereocenters. The fraction of sp³-hybridized carbons (Fsp3) is 0.118. The van der Waals surface area contributed by atoms with Crippen LogP contribution < -0.4 is 14.9 Å². The third-order valence-corrected chi connectivity index (χ3v) is 3.30. The lowest BCUT2D eigenvalue weighted by molar-refractivity contribution is 0.397. The minimum atomic E-state index is -0.194. The van der Waals surface area contributed by atoms with E-state index in [1.807, 2.05) is 30.3 Å². The first-order valence-corrected chi connectivity index (χ1v) is 6.49. The van der Waals surface area contributed by atoms with Crippen LogP contribution in [0.25, 0.3) is 22.3 Å². The van der Waals surface area contributed by atoms with E-state index in [1.54, 1.807) is 25.3 Å². The van der Waals surface area contributed by atoms with Gasteiger partial charge < -0.3 is 13.9 Å². The summed E-state index contributed by atoms with van der Waals surface area (Å²) in [6, 6.07) is 14.5. The van der Waals surface area contributed by atoms with Crippen LogP contribution in [0.5, 0.6) is 11.5 Å². The smallest absolute Gasteiger partial charge is 0.235 e. The van der Waals surface area contributed by atoms with Crippen molar-refractivity contribution in [3.05, 3.63) is 58.8 Å². The quantitative estimate of drug-likeness (QED) is 0.738. The number of rotatable bonds is 3. The van der Waals surface area contributed by atoms with Crippen LogP contribution in [0, 0.1) is 0 Å². The predicted molar refractivity (Wildman–Crippen MR) is 81.0 cm³/mol. The van der Waals surface area contributed by atoms with Crippen molar-refractivity contribution in [1.29, 1.82) is 0 Å². The molecule has 0 spiro atoms. The standard InChI is InChI=1S/C17H14O4/c1-19-12-8-9-13-14(10-12)21-16(17(20-2)15(13)18)11-6-4-3-5-7-11/h3-10H,1-2H3. The fourth-order valence-corrected chi connectivity index (χ4v) is 2.25. The van der Waals surface area contributed by atoms with Crippen molar-refractivity contribution in [3.63, 3.8) is 0 Å². The van der Waals surface area contributed by atoms with Crippen LogP contribution in [0.15, 0.2) is 57.7 Å². The number of hydrogen-bond acceptors (Lipinski definition) is 4. The molecule has 1 aromatic heterocycles. The molecule has 0 radical (unpaired) electrons. The highest BCUT2D eigenvalue weighted by atomic mass is 16.5. The van der Waals surface area contributed by atoms with E-state index < -0.39 is 0 Å². The zero-order chi connectivity index (χ0) is 14.8. The summed E-state index contributed by atoms with van der Waals surface area (Å²) in [6.45, 7) is 0. The summed E-state index contributed by atoms with van der Waals surface area (Å²) < 4.78 is 16.3. The first-order valence-electron chi connectivity index (χ1n) is 6.49. The Hall–Kier alpha value is -2.75. The molecule has 21 heavy (non-hydrogen) atoms. The molecule has 0 amide bonds. The lowest BCUT2D eigenvalue weighted by Gasteiger charge is -2.09. The van der Waals surface area contributed by atoms with Crippen LogP contribution in [0.4, 0.5) is 0 Å². The molecule has 2 aromatic carbocycles. The van der Waals surface area contributed by atoms with Crippen molar-refractivity contribution in [2.45, 2.75) is 0 Å². The van der Waals surface area contributed by atoms with Gasteiger partial charge in [0.1, 0.15) is 11.3 Å². The Morgan fingerprint density at radius 2 is 1.71 bits per heavy atom. The summed E-state index contributed by atoms with van der Waals surface area (Å²) in [5.41, 5.74) is 1.07. The molecule has 3 rings (SSSR count). The highest BCUT2D eigenvalue weighted by molar-refractivity contribution is 5.83. The average molecular weight is 282 g/mol. The molecule has 0 N–H and O–H groups in total. The molecule has 0 aliphatic carbocycles. The second kappa shape index (κ2) is 5.32. The molecular formula is C17H14O4. The molecule has 1 heterocycles. The third-order valence-electron chi connectivity index (χ3n) is 3.30. The molecule has 0 aliphatic heterocycles. The van der Waals surface area contributed by atoms with Gasteiger partial charge in [0, 0.05) is 11.6 Å². The molecule has 4 nitrogen and oxygen atoms in total. The Morgan fingerprint density at radius 1 is 0.952 bits per heavy atom. The maximum atomic E-state index is 12.5. The molecule has 3 aromatic rings. The van der Waals surface area contributed by atoms with E-state index >= 15 is 0 Å². The second-order valence-corrected chi connectivity index (χ2v) is 4.52. The molecule has 4 heteroatoms. The van der Waals surface area contributed by atoms with Crippen LogP contribution in [0.2, 0.25) is 0 Å². The number of ether oxygens (including phenoxy) is 2. The van der Waals surface area contributed by atoms with E-state index in [0.29, 0.717) is 22.5 Å². The summed E-state index contributed by atoms with van der Waals surface area (Å²) in [5.74, 6) is 1.26. The van der Waals surface area contributed by atoms with E-state index in [0.717, 1.165) is 5.56 Å². The van der Waals surface area contributed by atoms with Crippen LogP contribution >= 0.6 is 0 Å². The van der Waals surface area contributed by atoms with E-state index in [2.05, 4.69) is 0 Å². The Balaban J connectivity index is 2.35. The normalized spacial score (nSPS) is 10.6. The molecule has 0 aliphatic rings. The van der Waals surface area contributed by atoms with Crippen molar-refractivity contribution >= 4 is 11.0 Å². The van der Waals surface area contributed by atoms with E-state index in [1.165, 1.54) is 7.11 Å². The van der Waals surface area contributed by atoms with Gasteiger partial charge in [-0.3, -0.25) is 4.79 Å². The first kappa shape index (κ1) is 13.2. The fourth-order valence-electron chi connectivity index (χ4n) is 2.25. The van der Waals surface area contributed by atoms with Gasteiger partial charge in [0.15, 0.2) is 5.76 Å². The summed E-state index contributed by atoms with van der Waals surface area (Å²) in [4.78, 5) is 12.5. The lowest BCUT2D eigenvalue weighted by Crippen LogP contribution is -2.07. The van der Waals surface area contributed by atoms with Gasteiger partial charge in [-0.15, -0.1) is 0 Å². The number of benzene rings is 2. The molecule has 0 bridgehead atoms. The van der Waals surface area contributed by atoms with Crippen LogP contribution in [-0.4, -0.2) is 14.2 Å². The first-order chi connectivity index (χ1) is 10.2. The summed E-state index contributed by atoms with van der Waals surface area (Å²) >= 11 is 0. The van der Waals surface area contributed by atoms with E-state index in [-0.39, 0.29) is 11.2 Å². The van der Waals surface area contributed by atoms with Crippen LogP contribution in [0.3, 0.4) is 0 Å². The number of fused-ring (bicyclic) bond motifs is 1. The van der Waals surface area contributed by atoms with Gasteiger partial charge in [0.2, 0.25) is 11.2 Å². The van der Waals surface area contributed by atoms with Gasteiger partial charge in [0.25, 0.3) is 0 Å². The van der Waals surface area contributed by atoms with Gasteiger partial charge >= 0.3 is 0 Å². The van der Waals surface area contributed by atoms with Gasteiger partial charge in [-0.1, -0.05) is 30.3 Å². The predicted octanol–water partition coefficient (Wildman–Crippen LogP) is 3.48. The maximum absolute atomic E-state index is 12.5. The van der Waals surface area contributed by atoms with E-state index in [4.69, 9.17) is 13.9 Å². The van der Waals surface area contributed by atoms with Crippen molar-refractivity contribution < 1.29 is 13.9 Å². The molecule has 106 valence electrons. The number of methoxy groups -OCH3 is 2. The Labute approximate surface area is 121 Å². The highest BCUT2D eigenvalue weighted by Gasteiger charge is 2.16. The minimum Gasteiger partial charge on any atom is -0.497 e. The Kier molecular flexibility index (Phi) is 3.36. The summed E-state index contributed by atoms with van der Waals surface area (Å²) in [7, 11) is 3.04. The van der Waals surface area contributed by atoms with Gasteiger partial charge in [-0.2, -0.15) is 0 Å². The van der Waals surface area contributed by atoms with Gasteiger partial charge in [0.05, 0.1) is 19.6 Å². The van der Waals surface area contributed by atoms with Crippen molar-refractivity contribution in [2.75, 3.05) is 14.2 Å². The molecule has 0 saturated heterocycles. The minimum absolute atomic E-state index is 0.194. The molecule has 0 unspecified atom stereocenters. The van der Waals surface area contributed by atoms with E-state index in [9.17, 15) is 4.79 Å². The Bertz CT molecular complexity index is 835. The largest absolute Gasteiger partial charge is 0.497 e. The SMILES string of the molecule is COc1ccc2c(=O)c(OC)c(-c3ccccc3)oc2c1.